The number of fused-ring (bicyclic) bond motifs is 1. The van der Waals surface area contributed by atoms with Crippen LogP contribution in [0.1, 0.15) is 45.6 Å². The van der Waals surface area contributed by atoms with Crippen LogP contribution < -0.4 is 4.74 Å². The Morgan fingerprint density at radius 3 is 2.36 bits per heavy atom. The van der Waals surface area contributed by atoms with Crippen LogP contribution in [0.4, 0.5) is 0 Å². The van der Waals surface area contributed by atoms with Gasteiger partial charge in [0.05, 0.1) is 19.6 Å². The summed E-state index contributed by atoms with van der Waals surface area (Å²) in [5.41, 5.74) is 1.28. The van der Waals surface area contributed by atoms with Gasteiger partial charge in [-0.2, -0.15) is 0 Å². The number of aliphatic hydroxyl groups is 4. The number of methoxy groups -OCH3 is 1. The third-order valence-electron chi connectivity index (χ3n) is 7.20. The van der Waals surface area contributed by atoms with Gasteiger partial charge < -0.3 is 44.3 Å². The molecule has 0 aromatic heterocycles. The lowest BCUT2D eigenvalue weighted by molar-refractivity contribution is -0.287. The van der Waals surface area contributed by atoms with Gasteiger partial charge in [0, 0.05) is 22.3 Å². The molecule has 0 bridgehead atoms. The van der Waals surface area contributed by atoms with E-state index in [-0.39, 0.29) is 11.9 Å². The predicted octanol–water partition coefficient (Wildman–Crippen LogP) is 2.71. The molecule has 14 heteroatoms. The molecule has 0 saturated carbocycles. The monoisotopic (exact) mass is 667 g/mol. The SMILES string of the molecule is COc1ccc2cc([C@H](C)C(=O)OCC/C(SSC(C)C)=C(\C)N(C=O)CC(=O)OC[C@@H]3OC(O)[C@@H](O)[C@H](O)[C@H]3O)ccc2c1. The van der Waals surface area contributed by atoms with E-state index in [2.05, 4.69) is 0 Å². The number of esters is 2. The van der Waals surface area contributed by atoms with Gasteiger partial charge in [0.15, 0.2) is 6.29 Å². The molecule has 0 aliphatic carbocycles. The van der Waals surface area contributed by atoms with Gasteiger partial charge in [-0.25, -0.2) is 0 Å². The molecule has 4 N–H and O–H groups in total. The fourth-order valence-electron chi connectivity index (χ4n) is 4.40. The highest BCUT2D eigenvalue weighted by molar-refractivity contribution is 8.78. The number of carbonyl (C=O) groups is 3. The van der Waals surface area contributed by atoms with Gasteiger partial charge in [0.1, 0.15) is 43.3 Å². The molecule has 1 saturated heterocycles. The van der Waals surface area contributed by atoms with Crippen LogP contribution in [0.25, 0.3) is 10.8 Å². The molecule has 12 nitrogen and oxygen atoms in total. The second-order valence-electron chi connectivity index (χ2n) is 10.8. The zero-order valence-corrected chi connectivity index (χ0v) is 27.5. The topological polar surface area (TPSA) is 172 Å². The van der Waals surface area contributed by atoms with Gasteiger partial charge in [0.25, 0.3) is 0 Å². The molecule has 248 valence electrons. The Bertz CT molecular complexity index is 1350. The highest BCUT2D eigenvalue weighted by atomic mass is 33.1. The molecule has 1 unspecified atom stereocenters. The summed E-state index contributed by atoms with van der Waals surface area (Å²) in [6.07, 6.45) is -7.28. The number of carbonyl (C=O) groups excluding carboxylic acids is 3. The van der Waals surface area contributed by atoms with Crippen molar-refractivity contribution < 1.29 is 53.8 Å². The molecule has 1 fully saturated rings. The lowest BCUT2D eigenvalue weighted by Crippen LogP contribution is -2.58. The van der Waals surface area contributed by atoms with Crippen molar-refractivity contribution in [2.45, 2.75) is 76.0 Å². The van der Waals surface area contributed by atoms with E-state index in [0.717, 1.165) is 31.9 Å². The van der Waals surface area contributed by atoms with Crippen molar-refractivity contribution >= 4 is 50.7 Å². The predicted molar refractivity (Wildman–Crippen MR) is 170 cm³/mol. The van der Waals surface area contributed by atoms with Crippen LogP contribution in [-0.4, -0.2) is 106 Å². The normalized spacial score (nSPS) is 22.8. The summed E-state index contributed by atoms with van der Waals surface area (Å²) in [5, 5.41) is 41.4. The van der Waals surface area contributed by atoms with E-state index >= 15 is 0 Å². The Hall–Kier alpha value is -2.85. The number of aliphatic hydroxyl groups excluding tert-OH is 4. The average molecular weight is 668 g/mol. The Balaban J connectivity index is 1.61. The Kier molecular flexibility index (Phi) is 14.0. The highest BCUT2D eigenvalue weighted by Crippen LogP contribution is 2.38. The number of ether oxygens (including phenoxy) is 4. The molecule has 1 amide bonds. The molecule has 0 spiro atoms. The first-order valence-corrected chi connectivity index (χ1v) is 16.6. The zero-order valence-electron chi connectivity index (χ0n) is 25.8. The molecule has 1 heterocycles. The molecule has 3 rings (SSSR count). The van der Waals surface area contributed by atoms with E-state index in [4.69, 9.17) is 18.9 Å². The number of amides is 1. The summed E-state index contributed by atoms with van der Waals surface area (Å²) >= 11 is 0. The molecule has 6 atom stereocenters. The van der Waals surface area contributed by atoms with Crippen LogP contribution >= 0.6 is 21.6 Å². The molecule has 45 heavy (non-hydrogen) atoms. The van der Waals surface area contributed by atoms with Crippen LogP contribution in [0, 0.1) is 0 Å². The lowest BCUT2D eigenvalue weighted by atomic mass is 9.98. The minimum absolute atomic E-state index is 0.0524. The first-order chi connectivity index (χ1) is 21.4. The van der Waals surface area contributed by atoms with E-state index in [9.17, 15) is 34.8 Å². The number of nitrogens with zero attached hydrogens (tertiary/aromatic N) is 1. The van der Waals surface area contributed by atoms with Crippen LogP contribution in [0.2, 0.25) is 0 Å². The second kappa shape index (κ2) is 17.2. The van der Waals surface area contributed by atoms with Crippen molar-refractivity contribution in [3.05, 3.63) is 52.6 Å². The van der Waals surface area contributed by atoms with Gasteiger partial charge in [0.2, 0.25) is 6.41 Å². The fraction of sp³-hybridized carbons (Fsp3) is 0.516. The zero-order chi connectivity index (χ0) is 33.3. The van der Waals surface area contributed by atoms with Crippen LogP contribution in [0.5, 0.6) is 5.75 Å². The Morgan fingerprint density at radius 1 is 1.00 bits per heavy atom. The van der Waals surface area contributed by atoms with Crippen molar-refractivity contribution in [1.29, 1.82) is 0 Å². The van der Waals surface area contributed by atoms with Crippen molar-refractivity contribution in [3.8, 4) is 5.75 Å². The highest BCUT2D eigenvalue weighted by Gasteiger charge is 2.43. The van der Waals surface area contributed by atoms with Crippen molar-refractivity contribution in [1.82, 2.24) is 4.90 Å². The van der Waals surface area contributed by atoms with Gasteiger partial charge in [-0.05, 0) is 42.3 Å². The Morgan fingerprint density at radius 2 is 1.69 bits per heavy atom. The minimum atomic E-state index is -1.77. The summed E-state index contributed by atoms with van der Waals surface area (Å²) in [5.74, 6) is -0.993. The summed E-state index contributed by atoms with van der Waals surface area (Å²) < 4.78 is 21.0. The van der Waals surface area contributed by atoms with Gasteiger partial charge >= 0.3 is 11.9 Å². The minimum Gasteiger partial charge on any atom is -0.497 e. The van der Waals surface area contributed by atoms with Crippen LogP contribution in [0.3, 0.4) is 0 Å². The maximum Gasteiger partial charge on any atom is 0.326 e. The van der Waals surface area contributed by atoms with Crippen LogP contribution in [-0.2, 0) is 28.6 Å². The van der Waals surface area contributed by atoms with Crippen molar-refractivity contribution in [3.63, 3.8) is 0 Å². The number of hydrogen-bond donors (Lipinski definition) is 4. The van der Waals surface area contributed by atoms with Gasteiger partial charge in [-0.1, -0.05) is 59.7 Å². The summed E-state index contributed by atoms with van der Waals surface area (Å²) in [6.45, 7) is 6.52. The molecule has 1 aliphatic heterocycles. The summed E-state index contributed by atoms with van der Waals surface area (Å²) in [7, 11) is 4.57. The lowest BCUT2D eigenvalue weighted by Gasteiger charge is -2.37. The number of benzene rings is 2. The van der Waals surface area contributed by atoms with Crippen molar-refractivity contribution in [2.24, 2.45) is 0 Å². The number of hydrogen-bond acceptors (Lipinski definition) is 13. The summed E-state index contributed by atoms with van der Waals surface area (Å²) in [4.78, 5) is 39.4. The second-order valence-corrected chi connectivity index (χ2v) is 13.7. The first-order valence-electron chi connectivity index (χ1n) is 14.4. The summed E-state index contributed by atoms with van der Waals surface area (Å²) in [6, 6.07) is 11.5. The van der Waals surface area contributed by atoms with E-state index in [0.29, 0.717) is 18.5 Å². The molecule has 2 aromatic carbocycles. The number of allylic oxidation sites excluding steroid dienone is 1. The number of rotatable bonds is 15. The smallest absolute Gasteiger partial charge is 0.326 e. The maximum absolute atomic E-state index is 12.9. The largest absolute Gasteiger partial charge is 0.497 e. The van der Waals surface area contributed by atoms with Crippen LogP contribution in [0.15, 0.2) is 47.0 Å². The van der Waals surface area contributed by atoms with Gasteiger partial charge in [-0.3, -0.25) is 14.4 Å². The fourth-order valence-corrected chi connectivity index (χ4v) is 6.66. The average Bonchev–Trinajstić information content (AvgIpc) is 3.03. The molecular weight excluding hydrogens is 626 g/mol. The molecular formula is C31H41NO11S2. The van der Waals surface area contributed by atoms with E-state index in [1.54, 1.807) is 31.8 Å². The quantitative estimate of drug-likeness (QED) is 0.124. The maximum atomic E-state index is 12.9. The third kappa shape index (κ3) is 10.1. The standard InChI is InChI=1S/C31H41NO11S2/c1-17(2)44-45-25(10-11-41-30(38)18(3)20-6-7-22-13-23(40-5)9-8-21(22)12-20)19(4)32(16-33)14-26(34)42-15-24-27(35)28(36)29(37)31(39)43-24/h6-9,12-13,16-18,24,27-29,31,35-37,39H,10-11,14-15H2,1-5H3/b25-19-/t18-,24-,27-,28+,29-,31?/m0/s1. The first kappa shape index (κ1) is 36.6. The third-order valence-corrected chi connectivity index (χ3v) is 10.4. The van der Waals surface area contributed by atoms with Crippen molar-refractivity contribution in [2.75, 3.05) is 26.9 Å². The molecule has 1 aliphatic rings. The van der Waals surface area contributed by atoms with E-state index in [1.165, 1.54) is 10.8 Å². The Labute approximate surface area is 270 Å². The van der Waals surface area contributed by atoms with Gasteiger partial charge in [-0.15, -0.1) is 0 Å². The molecule has 2 aromatic rings. The van der Waals surface area contributed by atoms with E-state index < -0.39 is 61.7 Å². The molecule has 0 radical (unpaired) electrons. The van der Waals surface area contributed by atoms with E-state index in [1.807, 2.05) is 50.2 Å².